The van der Waals surface area contributed by atoms with Gasteiger partial charge in [0.15, 0.2) is 9.84 Å². The molecule has 0 fully saturated rings. The zero-order chi connectivity index (χ0) is 15.4. The van der Waals surface area contributed by atoms with E-state index >= 15 is 0 Å². The molecule has 0 amide bonds. The van der Waals surface area contributed by atoms with Crippen molar-refractivity contribution in [2.75, 3.05) is 5.75 Å². The topological polar surface area (TPSA) is 57.9 Å². The number of halogens is 2. The highest BCUT2D eigenvalue weighted by Gasteiger charge is 2.21. The van der Waals surface area contributed by atoms with Gasteiger partial charge in [-0.05, 0) is 38.8 Å². The lowest BCUT2D eigenvalue weighted by Crippen LogP contribution is -2.11. The molecule has 0 aliphatic heterocycles. The summed E-state index contributed by atoms with van der Waals surface area (Å²) in [6.45, 7) is 3.56. The number of nitrogens with zero attached hydrogens (tertiary/aromatic N) is 1. The molecule has 0 aromatic heterocycles. The molecular weight excluding hydrogens is 284 g/mol. The Bertz CT molecular complexity index is 619. The number of hydrogen-bond donors (Lipinski definition) is 0. The van der Waals surface area contributed by atoms with Crippen LogP contribution in [0.25, 0.3) is 0 Å². The number of nitriles is 1. The second-order valence-electron chi connectivity index (χ2n) is 5.35. The molecule has 0 aliphatic rings. The smallest absolute Gasteiger partial charge is 0.181 e. The molecule has 0 saturated heterocycles. The Hall–Kier alpha value is -1.48. The lowest BCUT2D eigenvalue weighted by atomic mass is 9.89. The summed E-state index contributed by atoms with van der Waals surface area (Å²) in [5.41, 5.74) is -0.495. The molecule has 3 nitrogen and oxygen atoms in total. The maximum atomic E-state index is 13.4. The first-order chi connectivity index (χ1) is 9.18. The third-order valence-electron chi connectivity index (χ3n) is 3.00. The quantitative estimate of drug-likeness (QED) is 0.597. The van der Waals surface area contributed by atoms with Crippen molar-refractivity contribution in [1.29, 1.82) is 5.26 Å². The van der Waals surface area contributed by atoms with Crippen molar-refractivity contribution >= 4 is 9.84 Å². The van der Waals surface area contributed by atoms with Crippen LogP contribution < -0.4 is 0 Å². The van der Waals surface area contributed by atoms with Gasteiger partial charge in [0.25, 0.3) is 0 Å². The first-order valence-corrected chi connectivity index (χ1v) is 7.92. The standard InChI is InChI=1S/C14H17F2NO2S/c1-14(2,10-17)7-3-4-8-20(18,19)13-6-5-11(15)9-12(13)16/h5-6,9H,3-4,7-8H2,1-2H3. The molecule has 0 saturated carbocycles. The molecule has 1 aromatic rings. The van der Waals surface area contributed by atoms with Crippen LogP contribution in [0, 0.1) is 28.4 Å². The van der Waals surface area contributed by atoms with E-state index in [2.05, 4.69) is 6.07 Å². The molecule has 0 bridgehead atoms. The van der Waals surface area contributed by atoms with Crippen LogP contribution >= 0.6 is 0 Å². The average Bonchev–Trinajstić information content (AvgIpc) is 2.34. The van der Waals surface area contributed by atoms with Gasteiger partial charge in [-0.25, -0.2) is 17.2 Å². The number of hydrogen-bond acceptors (Lipinski definition) is 3. The molecule has 110 valence electrons. The van der Waals surface area contributed by atoms with Crippen LogP contribution in [0.4, 0.5) is 8.78 Å². The Kier molecular flexibility index (Phi) is 5.23. The summed E-state index contributed by atoms with van der Waals surface area (Å²) in [6.07, 6.45) is 1.47. The molecule has 1 aromatic carbocycles. The highest BCUT2D eigenvalue weighted by atomic mass is 32.2. The van der Waals surface area contributed by atoms with Crippen LogP contribution in [-0.4, -0.2) is 14.2 Å². The van der Waals surface area contributed by atoms with Gasteiger partial charge in [-0.3, -0.25) is 0 Å². The molecule has 6 heteroatoms. The summed E-state index contributed by atoms with van der Waals surface area (Å²) in [6, 6.07) is 4.57. The summed E-state index contributed by atoms with van der Waals surface area (Å²) >= 11 is 0. The van der Waals surface area contributed by atoms with Crippen LogP contribution in [0.1, 0.15) is 33.1 Å². The third-order valence-corrected chi connectivity index (χ3v) is 4.82. The van der Waals surface area contributed by atoms with Crippen LogP contribution in [0.15, 0.2) is 23.1 Å². The number of benzene rings is 1. The van der Waals surface area contributed by atoms with E-state index in [1.165, 1.54) is 0 Å². The van der Waals surface area contributed by atoms with E-state index in [-0.39, 0.29) is 5.75 Å². The van der Waals surface area contributed by atoms with Crippen molar-refractivity contribution in [2.24, 2.45) is 5.41 Å². The highest BCUT2D eigenvalue weighted by Crippen LogP contribution is 2.23. The Morgan fingerprint density at radius 1 is 1.25 bits per heavy atom. The van der Waals surface area contributed by atoms with E-state index in [9.17, 15) is 17.2 Å². The van der Waals surface area contributed by atoms with Crippen LogP contribution in [-0.2, 0) is 9.84 Å². The number of unbranched alkanes of at least 4 members (excludes halogenated alkanes) is 1. The fourth-order valence-electron chi connectivity index (χ4n) is 1.75. The van der Waals surface area contributed by atoms with E-state index in [0.29, 0.717) is 25.3 Å². The summed E-state index contributed by atoms with van der Waals surface area (Å²) < 4.78 is 50.0. The Morgan fingerprint density at radius 3 is 2.45 bits per heavy atom. The van der Waals surface area contributed by atoms with Crippen LogP contribution in [0.2, 0.25) is 0 Å². The predicted molar refractivity (Wildman–Crippen MR) is 71.7 cm³/mol. The van der Waals surface area contributed by atoms with Crippen molar-refractivity contribution in [1.82, 2.24) is 0 Å². The molecule has 0 atom stereocenters. The minimum absolute atomic E-state index is 0.211. The summed E-state index contributed by atoms with van der Waals surface area (Å²) in [5.74, 6) is -2.09. The molecule has 0 radical (unpaired) electrons. The first-order valence-electron chi connectivity index (χ1n) is 6.27. The van der Waals surface area contributed by atoms with Crippen LogP contribution in [0.5, 0.6) is 0 Å². The molecule has 20 heavy (non-hydrogen) atoms. The Balaban J connectivity index is 2.65. The van der Waals surface area contributed by atoms with Gasteiger partial charge in [0, 0.05) is 6.07 Å². The average molecular weight is 301 g/mol. The van der Waals surface area contributed by atoms with Gasteiger partial charge < -0.3 is 0 Å². The largest absolute Gasteiger partial charge is 0.224 e. The van der Waals surface area contributed by atoms with Gasteiger partial charge in [-0.2, -0.15) is 5.26 Å². The van der Waals surface area contributed by atoms with Crippen molar-refractivity contribution < 1.29 is 17.2 Å². The summed E-state index contributed by atoms with van der Waals surface area (Å²) in [4.78, 5) is -0.474. The molecule has 1 rings (SSSR count). The maximum absolute atomic E-state index is 13.4. The van der Waals surface area contributed by atoms with Crippen LogP contribution in [0.3, 0.4) is 0 Å². The normalized spacial score (nSPS) is 12.2. The van der Waals surface area contributed by atoms with Crippen molar-refractivity contribution in [3.8, 4) is 6.07 Å². The van der Waals surface area contributed by atoms with Crippen molar-refractivity contribution in [3.63, 3.8) is 0 Å². The van der Waals surface area contributed by atoms with Gasteiger partial charge >= 0.3 is 0 Å². The van der Waals surface area contributed by atoms with Gasteiger partial charge in [0.05, 0.1) is 17.2 Å². The lowest BCUT2D eigenvalue weighted by Gasteiger charge is -2.14. The van der Waals surface area contributed by atoms with E-state index in [4.69, 9.17) is 5.26 Å². The van der Waals surface area contributed by atoms with Crippen molar-refractivity contribution in [2.45, 2.75) is 38.0 Å². The molecule has 0 spiro atoms. The lowest BCUT2D eigenvalue weighted by molar-refractivity contribution is 0.431. The van der Waals surface area contributed by atoms with Gasteiger partial charge in [0.1, 0.15) is 16.5 Å². The molecule has 0 unspecified atom stereocenters. The molecular formula is C14H17F2NO2S. The maximum Gasteiger partial charge on any atom is 0.181 e. The zero-order valence-electron chi connectivity index (χ0n) is 11.5. The third kappa shape index (κ3) is 4.57. The predicted octanol–water partition coefficient (Wildman–Crippen LogP) is 3.46. The zero-order valence-corrected chi connectivity index (χ0v) is 12.3. The monoisotopic (exact) mass is 301 g/mol. The van der Waals surface area contributed by atoms with E-state index in [1.807, 2.05) is 0 Å². The highest BCUT2D eigenvalue weighted by molar-refractivity contribution is 7.91. The fourth-order valence-corrected chi connectivity index (χ4v) is 3.19. The van der Waals surface area contributed by atoms with E-state index in [1.54, 1.807) is 13.8 Å². The molecule has 0 aliphatic carbocycles. The number of sulfone groups is 1. The van der Waals surface area contributed by atoms with Crippen molar-refractivity contribution in [3.05, 3.63) is 29.8 Å². The minimum atomic E-state index is -3.76. The second kappa shape index (κ2) is 6.31. The van der Waals surface area contributed by atoms with Gasteiger partial charge in [-0.15, -0.1) is 0 Å². The summed E-state index contributed by atoms with van der Waals surface area (Å²) in [7, 11) is -3.76. The Morgan fingerprint density at radius 2 is 1.90 bits per heavy atom. The summed E-state index contributed by atoms with van der Waals surface area (Å²) in [5, 5.41) is 8.84. The molecule has 0 heterocycles. The first kappa shape index (κ1) is 16.6. The minimum Gasteiger partial charge on any atom is -0.224 e. The second-order valence-corrected chi connectivity index (χ2v) is 7.42. The molecule has 0 N–H and O–H groups in total. The SMILES string of the molecule is CC(C)(C#N)CCCCS(=O)(=O)c1ccc(F)cc1F. The van der Waals surface area contributed by atoms with Gasteiger partial charge in [-0.1, -0.05) is 6.42 Å². The number of rotatable bonds is 6. The Labute approximate surface area is 118 Å². The van der Waals surface area contributed by atoms with E-state index < -0.39 is 31.8 Å². The fraction of sp³-hybridized carbons (Fsp3) is 0.500. The van der Waals surface area contributed by atoms with E-state index in [0.717, 1.165) is 12.1 Å². The van der Waals surface area contributed by atoms with Gasteiger partial charge in [0.2, 0.25) is 0 Å².